The first-order valence-corrected chi connectivity index (χ1v) is 12.7. The number of anilines is 1. The summed E-state index contributed by atoms with van der Waals surface area (Å²) in [6, 6.07) is 12.9. The molecule has 34 heavy (non-hydrogen) atoms. The summed E-state index contributed by atoms with van der Waals surface area (Å²) in [5.41, 5.74) is 2.62. The molecule has 0 radical (unpaired) electrons. The van der Waals surface area contributed by atoms with Gasteiger partial charge in [-0.25, -0.2) is 0 Å². The normalized spacial score (nSPS) is 12.6. The zero-order valence-corrected chi connectivity index (χ0v) is 21.8. The Morgan fingerprint density at radius 1 is 0.882 bits per heavy atom. The van der Waals surface area contributed by atoms with E-state index in [0.717, 1.165) is 11.1 Å². The van der Waals surface area contributed by atoms with Crippen molar-refractivity contribution in [2.45, 2.75) is 46.3 Å². The van der Waals surface area contributed by atoms with E-state index in [1.807, 2.05) is 36.4 Å². The van der Waals surface area contributed by atoms with Crippen molar-refractivity contribution in [1.29, 1.82) is 0 Å². The van der Waals surface area contributed by atoms with Crippen molar-refractivity contribution in [3.8, 4) is 0 Å². The van der Waals surface area contributed by atoms with E-state index < -0.39 is 12.0 Å². The molecule has 2 aromatic rings. The monoisotopic (exact) mass is 578 g/mol. The molecule has 0 aliphatic rings. The highest BCUT2D eigenvalue weighted by Crippen LogP contribution is 2.20. The van der Waals surface area contributed by atoms with Crippen LogP contribution in [0.1, 0.15) is 48.7 Å². The summed E-state index contributed by atoms with van der Waals surface area (Å²) in [6.45, 7) is 5.23. The summed E-state index contributed by atoms with van der Waals surface area (Å²) >= 11 is 2.03. The van der Waals surface area contributed by atoms with E-state index in [2.05, 4.69) is 10.6 Å². The van der Waals surface area contributed by atoms with Gasteiger partial charge >= 0.3 is 0 Å². The predicted molar refractivity (Wildman–Crippen MR) is 140 cm³/mol. The number of hydrogen-bond donors (Lipinski definition) is 3. The van der Waals surface area contributed by atoms with Crippen LogP contribution in [0, 0.1) is 11.8 Å². The van der Waals surface area contributed by atoms with Gasteiger partial charge in [-0.1, -0.05) is 72.8 Å². The van der Waals surface area contributed by atoms with Crippen molar-refractivity contribution in [2.24, 2.45) is 11.8 Å². The molecule has 0 unspecified atom stereocenters. The quantitative estimate of drug-likeness (QED) is 0.202. The number of nitrogens with one attached hydrogen (secondary N) is 2. The summed E-state index contributed by atoms with van der Waals surface area (Å²) < 4.78 is 0.441. The maximum absolute atomic E-state index is 12.9. The number of carbonyl (C=O) groups is 4. The number of rotatable bonds is 12. The molecule has 2 aromatic carbocycles. The number of ketones is 2. The Hall–Kier alpha value is -2.59. The van der Waals surface area contributed by atoms with Crippen molar-refractivity contribution < 1.29 is 24.3 Å². The maximum atomic E-state index is 12.9. The van der Waals surface area contributed by atoms with Crippen LogP contribution in [0.5, 0.6) is 0 Å². The highest BCUT2D eigenvalue weighted by Gasteiger charge is 2.28. The highest BCUT2D eigenvalue weighted by molar-refractivity contribution is 14.1. The number of halogens is 1. The largest absolute Gasteiger partial charge is 0.392 e. The molecule has 2 amide bonds. The minimum atomic E-state index is -0.795. The first-order chi connectivity index (χ1) is 16.1. The summed E-state index contributed by atoms with van der Waals surface area (Å²) in [5, 5.41) is 14.6. The predicted octanol–water partition coefficient (Wildman–Crippen LogP) is 3.71. The van der Waals surface area contributed by atoms with E-state index >= 15 is 0 Å². The Balaban J connectivity index is 1.97. The van der Waals surface area contributed by atoms with Crippen molar-refractivity contribution in [2.75, 3.05) is 9.74 Å². The second kappa shape index (κ2) is 13.3. The number of alkyl halides is 1. The molecule has 0 aliphatic carbocycles. The first kappa shape index (κ1) is 27.7. The van der Waals surface area contributed by atoms with Crippen LogP contribution in [0.3, 0.4) is 0 Å². The number of aliphatic hydroxyl groups excluding tert-OH is 1. The minimum Gasteiger partial charge on any atom is -0.392 e. The fraction of sp³-hybridized carbons (Fsp3) is 0.385. The van der Waals surface area contributed by atoms with Crippen LogP contribution in [0.25, 0.3) is 0 Å². The molecule has 0 spiro atoms. The van der Waals surface area contributed by atoms with Crippen molar-refractivity contribution >= 4 is 51.7 Å². The number of hydrogen-bond acceptors (Lipinski definition) is 5. The molecule has 0 aliphatic heterocycles. The number of benzene rings is 2. The van der Waals surface area contributed by atoms with Gasteiger partial charge < -0.3 is 15.7 Å². The van der Waals surface area contributed by atoms with Gasteiger partial charge in [0.05, 0.1) is 11.0 Å². The fourth-order valence-corrected chi connectivity index (χ4v) is 3.63. The van der Waals surface area contributed by atoms with Gasteiger partial charge in [-0.3, -0.25) is 19.2 Å². The molecule has 8 heteroatoms. The van der Waals surface area contributed by atoms with E-state index in [4.69, 9.17) is 5.11 Å². The maximum Gasteiger partial charge on any atom is 0.246 e. The average molecular weight is 578 g/mol. The lowest BCUT2D eigenvalue weighted by molar-refractivity contribution is -0.130. The molecular weight excluding hydrogens is 547 g/mol. The van der Waals surface area contributed by atoms with E-state index in [-0.39, 0.29) is 42.3 Å². The van der Waals surface area contributed by atoms with Crippen LogP contribution < -0.4 is 10.6 Å². The molecular formula is C26H31IN2O5. The van der Waals surface area contributed by atoms with Crippen LogP contribution in [0.2, 0.25) is 0 Å². The number of Topliss-reactive ketones (excluding diaryl/α,β-unsaturated/α-hetero) is 2. The summed E-state index contributed by atoms with van der Waals surface area (Å²) in [7, 11) is 0. The lowest BCUT2D eigenvalue weighted by atomic mass is 9.87. The smallest absolute Gasteiger partial charge is 0.246 e. The second-order valence-electron chi connectivity index (χ2n) is 8.60. The van der Waals surface area contributed by atoms with Crippen LogP contribution in [-0.2, 0) is 27.4 Å². The van der Waals surface area contributed by atoms with Gasteiger partial charge in [-0.15, -0.1) is 0 Å². The first-order valence-electron chi connectivity index (χ1n) is 11.2. The second-order valence-corrected chi connectivity index (χ2v) is 9.36. The third-order valence-electron chi connectivity index (χ3n) is 5.53. The molecule has 0 saturated heterocycles. The van der Waals surface area contributed by atoms with Crippen LogP contribution >= 0.6 is 22.6 Å². The molecule has 0 bridgehead atoms. The van der Waals surface area contributed by atoms with Gasteiger partial charge in [-0.2, -0.15) is 0 Å². The lowest BCUT2D eigenvalue weighted by Gasteiger charge is -2.22. The number of amides is 2. The van der Waals surface area contributed by atoms with E-state index in [1.165, 1.54) is 0 Å². The fourth-order valence-electron chi connectivity index (χ4n) is 3.36. The molecule has 0 fully saturated rings. The summed E-state index contributed by atoms with van der Waals surface area (Å²) in [6.07, 6.45) is 0.354. The van der Waals surface area contributed by atoms with Crippen molar-refractivity contribution in [3.63, 3.8) is 0 Å². The van der Waals surface area contributed by atoms with Gasteiger partial charge in [0.2, 0.25) is 11.8 Å². The van der Waals surface area contributed by atoms with Crippen molar-refractivity contribution in [3.05, 3.63) is 65.2 Å². The van der Waals surface area contributed by atoms with Gasteiger partial charge in [0.1, 0.15) is 11.8 Å². The zero-order valence-electron chi connectivity index (χ0n) is 19.6. The topological polar surface area (TPSA) is 113 Å². The SMILES string of the molecule is CC(C)[C@H](CC(=O)c1ccc(CC(=O)CI)cc1)C(=O)N[C@@H](C)C(=O)Nc1ccc(CO)cc1. The molecule has 7 nitrogen and oxygen atoms in total. The van der Waals surface area contributed by atoms with E-state index in [9.17, 15) is 19.2 Å². The Labute approximate surface area is 213 Å². The molecule has 182 valence electrons. The van der Waals surface area contributed by atoms with Gasteiger partial charge in [-0.05, 0) is 36.1 Å². The molecule has 0 heterocycles. The number of aliphatic hydroxyl groups is 1. The summed E-state index contributed by atoms with van der Waals surface area (Å²) in [5.74, 6) is -1.47. The zero-order chi connectivity index (χ0) is 25.3. The Bertz CT molecular complexity index is 1000. The van der Waals surface area contributed by atoms with Crippen LogP contribution in [0.4, 0.5) is 5.69 Å². The average Bonchev–Trinajstić information content (AvgIpc) is 2.82. The Kier molecular flexibility index (Phi) is 10.8. The van der Waals surface area contributed by atoms with Crippen LogP contribution in [-0.4, -0.2) is 39.0 Å². The Morgan fingerprint density at radius 2 is 1.47 bits per heavy atom. The standard InChI is InChI=1S/C26H31IN2O5/c1-16(2)23(13-24(32)20-8-4-18(5-9-20)12-22(31)14-27)26(34)28-17(3)25(33)29-21-10-6-19(15-30)7-11-21/h4-11,16-17,23,30H,12-15H2,1-3H3,(H,28,34)(H,29,33)/t17-,23-/m0/s1. The summed E-state index contributed by atoms with van der Waals surface area (Å²) in [4.78, 5) is 49.8. The molecule has 3 N–H and O–H groups in total. The van der Waals surface area contributed by atoms with Crippen molar-refractivity contribution in [1.82, 2.24) is 5.32 Å². The minimum absolute atomic E-state index is 0.0203. The molecule has 0 saturated carbocycles. The Morgan fingerprint density at radius 3 is 2.00 bits per heavy atom. The third-order valence-corrected chi connectivity index (χ3v) is 6.38. The van der Waals surface area contributed by atoms with Crippen LogP contribution in [0.15, 0.2) is 48.5 Å². The molecule has 2 atom stereocenters. The molecule has 0 aromatic heterocycles. The van der Waals surface area contributed by atoms with E-state index in [0.29, 0.717) is 22.1 Å². The molecule has 2 rings (SSSR count). The highest BCUT2D eigenvalue weighted by atomic mass is 127. The van der Waals surface area contributed by atoms with Gasteiger partial charge in [0.25, 0.3) is 0 Å². The van der Waals surface area contributed by atoms with Gasteiger partial charge in [0, 0.05) is 30.0 Å². The third kappa shape index (κ3) is 8.32. The van der Waals surface area contributed by atoms with Gasteiger partial charge in [0.15, 0.2) is 5.78 Å². The lowest BCUT2D eigenvalue weighted by Crippen LogP contribution is -2.45. The number of carbonyl (C=O) groups excluding carboxylic acids is 4. The van der Waals surface area contributed by atoms with E-state index in [1.54, 1.807) is 55.5 Å².